The Kier molecular flexibility index (Phi) is 4.42. The van der Waals surface area contributed by atoms with Crippen LogP contribution in [0.3, 0.4) is 0 Å². The average molecular weight is 212 g/mol. The van der Waals surface area contributed by atoms with Crippen LogP contribution in [-0.4, -0.2) is 62.3 Å². The van der Waals surface area contributed by atoms with Crippen LogP contribution in [-0.2, 0) is 4.74 Å². The Balaban J connectivity index is 1.61. The van der Waals surface area contributed by atoms with E-state index in [9.17, 15) is 0 Å². The predicted octanol–water partition coefficient (Wildman–Crippen LogP) is 1.05. The summed E-state index contributed by atoms with van der Waals surface area (Å²) in [5, 5.41) is 0. The summed E-state index contributed by atoms with van der Waals surface area (Å²) in [5.41, 5.74) is 0. The highest BCUT2D eigenvalue weighted by molar-refractivity contribution is 4.76. The maximum absolute atomic E-state index is 5.36. The van der Waals surface area contributed by atoms with E-state index in [0.29, 0.717) is 0 Å². The molecule has 2 aliphatic heterocycles. The molecular weight excluding hydrogens is 188 g/mol. The number of nitrogens with zero attached hydrogens (tertiary/aromatic N) is 2. The first-order valence-corrected chi connectivity index (χ1v) is 6.41. The lowest BCUT2D eigenvalue weighted by atomic mass is 10.0. The van der Waals surface area contributed by atoms with Crippen molar-refractivity contribution in [2.45, 2.75) is 19.8 Å². The van der Waals surface area contributed by atoms with E-state index < -0.39 is 0 Å². The molecule has 0 aromatic heterocycles. The van der Waals surface area contributed by atoms with Crippen LogP contribution in [0.5, 0.6) is 0 Å². The van der Waals surface area contributed by atoms with E-state index in [1.54, 1.807) is 0 Å². The molecule has 0 bridgehead atoms. The monoisotopic (exact) mass is 212 g/mol. The fourth-order valence-corrected chi connectivity index (χ4v) is 2.63. The van der Waals surface area contributed by atoms with Gasteiger partial charge in [-0.2, -0.15) is 0 Å². The van der Waals surface area contributed by atoms with Crippen molar-refractivity contribution in [2.24, 2.45) is 5.92 Å². The van der Waals surface area contributed by atoms with Crippen molar-refractivity contribution in [2.75, 3.05) is 52.5 Å². The molecule has 0 spiro atoms. The van der Waals surface area contributed by atoms with Crippen LogP contribution in [0.25, 0.3) is 0 Å². The zero-order valence-corrected chi connectivity index (χ0v) is 9.95. The molecule has 2 heterocycles. The van der Waals surface area contributed by atoms with E-state index in [4.69, 9.17) is 4.74 Å². The Morgan fingerprint density at radius 1 is 1.13 bits per heavy atom. The van der Waals surface area contributed by atoms with E-state index in [2.05, 4.69) is 16.7 Å². The Morgan fingerprint density at radius 3 is 2.60 bits per heavy atom. The number of likely N-dealkylation sites (tertiary alicyclic amines) is 1. The smallest absolute Gasteiger partial charge is 0.0594 e. The van der Waals surface area contributed by atoms with Gasteiger partial charge in [-0.3, -0.25) is 4.90 Å². The van der Waals surface area contributed by atoms with Gasteiger partial charge >= 0.3 is 0 Å². The number of ether oxygens (including phenoxy) is 1. The highest BCUT2D eigenvalue weighted by Crippen LogP contribution is 2.19. The van der Waals surface area contributed by atoms with Gasteiger partial charge in [-0.25, -0.2) is 0 Å². The van der Waals surface area contributed by atoms with Crippen LogP contribution in [0.15, 0.2) is 0 Å². The van der Waals surface area contributed by atoms with E-state index in [0.717, 1.165) is 32.2 Å². The van der Waals surface area contributed by atoms with Crippen LogP contribution in [0, 0.1) is 5.92 Å². The van der Waals surface area contributed by atoms with Crippen molar-refractivity contribution in [1.29, 1.82) is 0 Å². The van der Waals surface area contributed by atoms with E-state index >= 15 is 0 Å². The molecule has 1 atom stereocenters. The number of morpholine rings is 1. The minimum Gasteiger partial charge on any atom is -0.379 e. The second kappa shape index (κ2) is 5.83. The lowest BCUT2D eigenvalue weighted by Crippen LogP contribution is -2.37. The largest absolute Gasteiger partial charge is 0.379 e. The fourth-order valence-electron chi connectivity index (χ4n) is 2.63. The minimum absolute atomic E-state index is 0.936. The summed E-state index contributed by atoms with van der Waals surface area (Å²) in [6.07, 6.45) is 2.80. The summed E-state index contributed by atoms with van der Waals surface area (Å²) in [6.45, 7) is 11.6. The van der Waals surface area contributed by atoms with Crippen molar-refractivity contribution < 1.29 is 4.74 Å². The van der Waals surface area contributed by atoms with Crippen LogP contribution in [0.2, 0.25) is 0 Å². The molecule has 0 radical (unpaired) electrons. The molecule has 88 valence electrons. The first kappa shape index (κ1) is 11.4. The molecule has 2 aliphatic rings. The fraction of sp³-hybridized carbons (Fsp3) is 1.00. The summed E-state index contributed by atoms with van der Waals surface area (Å²) < 4.78 is 5.36. The van der Waals surface area contributed by atoms with Crippen molar-refractivity contribution >= 4 is 0 Å². The summed E-state index contributed by atoms with van der Waals surface area (Å²) in [4.78, 5) is 5.13. The quantitative estimate of drug-likeness (QED) is 0.693. The SMILES string of the molecule is CCN1CCC(CCN2CCOCC2)C1. The van der Waals surface area contributed by atoms with Gasteiger partial charge in [0.25, 0.3) is 0 Å². The lowest BCUT2D eigenvalue weighted by Gasteiger charge is -2.27. The lowest BCUT2D eigenvalue weighted by molar-refractivity contribution is 0.0355. The molecule has 3 heteroatoms. The van der Waals surface area contributed by atoms with Crippen LogP contribution < -0.4 is 0 Å². The second-order valence-electron chi connectivity index (χ2n) is 4.79. The highest BCUT2D eigenvalue weighted by atomic mass is 16.5. The second-order valence-corrected chi connectivity index (χ2v) is 4.79. The first-order chi connectivity index (χ1) is 7.38. The van der Waals surface area contributed by atoms with Crippen molar-refractivity contribution in [3.05, 3.63) is 0 Å². The molecule has 1 unspecified atom stereocenters. The van der Waals surface area contributed by atoms with E-state index in [-0.39, 0.29) is 0 Å². The van der Waals surface area contributed by atoms with Gasteiger partial charge in [-0.15, -0.1) is 0 Å². The molecule has 2 fully saturated rings. The van der Waals surface area contributed by atoms with Gasteiger partial charge < -0.3 is 9.64 Å². The topological polar surface area (TPSA) is 15.7 Å². The molecule has 0 aromatic rings. The molecule has 0 aliphatic carbocycles. The maximum atomic E-state index is 5.36. The predicted molar refractivity (Wildman–Crippen MR) is 62.1 cm³/mol. The molecule has 0 N–H and O–H groups in total. The van der Waals surface area contributed by atoms with Gasteiger partial charge in [-0.05, 0) is 38.4 Å². The number of hydrogen-bond donors (Lipinski definition) is 0. The van der Waals surface area contributed by atoms with Gasteiger partial charge in [0.2, 0.25) is 0 Å². The first-order valence-electron chi connectivity index (χ1n) is 6.41. The molecule has 0 amide bonds. The molecular formula is C12H24N2O. The molecule has 2 saturated heterocycles. The molecule has 2 rings (SSSR count). The van der Waals surface area contributed by atoms with E-state index in [1.807, 2.05) is 0 Å². The molecule has 15 heavy (non-hydrogen) atoms. The third kappa shape index (κ3) is 3.44. The summed E-state index contributed by atoms with van der Waals surface area (Å²) in [7, 11) is 0. The Morgan fingerprint density at radius 2 is 1.93 bits per heavy atom. The van der Waals surface area contributed by atoms with Gasteiger partial charge in [0.05, 0.1) is 13.2 Å². The molecule has 3 nitrogen and oxygen atoms in total. The number of rotatable bonds is 4. The van der Waals surface area contributed by atoms with Crippen LogP contribution in [0.4, 0.5) is 0 Å². The van der Waals surface area contributed by atoms with Crippen molar-refractivity contribution in [1.82, 2.24) is 9.80 Å². The zero-order chi connectivity index (χ0) is 10.5. The average Bonchev–Trinajstić information content (AvgIpc) is 2.76. The molecule has 0 saturated carbocycles. The number of hydrogen-bond acceptors (Lipinski definition) is 3. The molecule has 0 aromatic carbocycles. The standard InChI is InChI=1S/C12H24N2O/c1-2-13-5-3-12(11-13)4-6-14-7-9-15-10-8-14/h12H,2-11H2,1H3. The van der Waals surface area contributed by atoms with Gasteiger partial charge in [0, 0.05) is 19.6 Å². The van der Waals surface area contributed by atoms with Crippen molar-refractivity contribution in [3.63, 3.8) is 0 Å². The Labute approximate surface area is 93.4 Å². The highest BCUT2D eigenvalue weighted by Gasteiger charge is 2.21. The van der Waals surface area contributed by atoms with Crippen LogP contribution in [0.1, 0.15) is 19.8 Å². The third-order valence-electron chi connectivity index (χ3n) is 3.77. The van der Waals surface area contributed by atoms with E-state index in [1.165, 1.54) is 39.0 Å². The third-order valence-corrected chi connectivity index (χ3v) is 3.77. The van der Waals surface area contributed by atoms with Gasteiger partial charge in [-0.1, -0.05) is 6.92 Å². The summed E-state index contributed by atoms with van der Waals surface area (Å²) in [6, 6.07) is 0. The van der Waals surface area contributed by atoms with Crippen LogP contribution >= 0.6 is 0 Å². The Bertz CT molecular complexity index is 180. The summed E-state index contributed by atoms with van der Waals surface area (Å²) in [5.74, 6) is 0.952. The zero-order valence-electron chi connectivity index (χ0n) is 9.95. The van der Waals surface area contributed by atoms with Crippen molar-refractivity contribution in [3.8, 4) is 0 Å². The summed E-state index contributed by atoms with van der Waals surface area (Å²) >= 11 is 0. The Hall–Kier alpha value is -0.120. The maximum Gasteiger partial charge on any atom is 0.0594 e. The normalized spacial score (nSPS) is 29.8. The van der Waals surface area contributed by atoms with Gasteiger partial charge in [0.15, 0.2) is 0 Å². The minimum atomic E-state index is 0.936. The van der Waals surface area contributed by atoms with Gasteiger partial charge in [0.1, 0.15) is 0 Å².